The van der Waals surface area contributed by atoms with E-state index in [-0.39, 0.29) is 11.0 Å². The Morgan fingerprint density at radius 1 is 1.08 bits per heavy atom. The molecule has 2 heterocycles. The van der Waals surface area contributed by atoms with Gasteiger partial charge in [0.15, 0.2) is 11.5 Å². The smallest absolute Gasteiger partial charge is 0.261 e. The number of nitrogens with one attached hydrogen (secondary N) is 1. The van der Waals surface area contributed by atoms with Crippen LogP contribution in [0.3, 0.4) is 0 Å². The Bertz CT molecular complexity index is 1040. The van der Waals surface area contributed by atoms with Crippen LogP contribution in [0.5, 0.6) is 11.5 Å². The summed E-state index contributed by atoms with van der Waals surface area (Å²) in [5.41, 5.74) is 1.13. The van der Waals surface area contributed by atoms with Crippen LogP contribution < -0.4 is 20.2 Å². The van der Waals surface area contributed by atoms with Crippen LogP contribution >= 0.6 is 0 Å². The average Bonchev–Trinajstić information content (AvgIpc) is 2.64. The van der Waals surface area contributed by atoms with Gasteiger partial charge in [-0.1, -0.05) is 12.1 Å². The first-order chi connectivity index (χ1) is 12.1. The van der Waals surface area contributed by atoms with E-state index in [9.17, 15) is 9.59 Å². The van der Waals surface area contributed by atoms with Gasteiger partial charge in [0.25, 0.3) is 5.91 Å². The third-order valence-corrected chi connectivity index (χ3v) is 4.14. The largest absolute Gasteiger partial charge is 0.486 e. The molecule has 1 aliphatic heterocycles. The van der Waals surface area contributed by atoms with Crippen molar-refractivity contribution in [1.29, 1.82) is 0 Å². The normalized spacial score (nSPS) is 12.8. The molecule has 1 aliphatic rings. The monoisotopic (exact) mass is 336 g/mol. The number of aromatic nitrogens is 1. The van der Waals surface area contributed by atoms with Crippen LogP contribution in [-0.4, -0.2) is 23.7 Å². The van der Waals surface area contributed by atoms with Crippen LogP contribution in [-0.2, 0) is 7.05 Å². The molecule has 0 saturated carbocycles. The molecule has 2 aromatic carbocycles. The lowest BCUT2D eigenvalue weighted by Crippen LogP contribution is -2.23. The Balaban J connectivity index is 1.69. The Morgan fingerprint density at radius 3 is 2.68 bits per heavy atom. The van der Waals surface area contributed by atoms with Gasteiger partial charge < -0.3 is 19.4 Å². The second kappa shape index (κ2) is 5.98. The van der Waals surface area contributed by atoms with E-state index in [2.05, 4.69) is 5.32 Å². The zero-order valence-corrected chi connectivity index (χ0v) is 13.6. The molecule has 0 unspecified atom stereocenters. The van der Waals surface area contributed by atoms with E-state index in [0.29, 0.717) is 35.8 Å². The first-order valence-electron chi connectivity index (χ1n) is 7.93. The number of para-hydroxylation sites is 1. The molecule has 4 rings (SSSR count). The van der Waals surface area contributed by atoms with E-state index >= 15 is 0 Å². The summed E-state index contributed by atoms with van der Waals surface area (Å²) >= 11 is 0. The molecule has 1 aromatic heterocycles. The summed E-state index contributed by atoms with van der Waals surface area (Å²) in [7, 11) is 1.81. The molecule has 0 atom stereocenters. The Kier molecular flexibility index (Phi) is 3.65. The van der Waals surface area contributed by atoms with Crippen molar-refractivity contribution in [2.24, 2.45) is 7.05 Å². The number of anilines is 1. The lowest BCUT2D eigenvalue weighted by molar-refractivity contribution is 0.102. The van der Waals surface area contributed by atoms with Crippen LogP contribution in [0.1, 0.15) is 10.4 Å². The van der Waals surface area contributed by atoms with Crippen molar-refractivity contribution in [3.05, 3.63) is 64.4 Å². The maximum Gasteiger partial charge on any atom is 0.261 e. The maximum atomic E-state index is 12.6. The number of nitrogens with zero attached hydrogens (tertiary/aromatic N) is 1. The van der Waals surface area contributed by atoms with Crippen molar-refractivity contribution in [2.45, 2.75) is 0 Å². The Labute approximate surface area is 143 Å². The van der Waals surface area contributed by atoms with Gasteiger partial charge in [0, 0.05) is 30.4 Å². The third-order valence-electron chi connectivity index (χ3n) is 4.14. The molecule has 3 aromatic rings. The second-order valence-electron chi connectivity index (χ2n) is 5.81. The minimum Gasteiger partial charge on any atom is -0.486 e. The number of amides is 1. The molecular weight excluding hydrogens is 320 g/mol. The third kappa shape index (κ3) is 2.71. The van der Waals surface area contributed by atoms with Crippen LogP contribution in [0.4, 0.5) is 5.69 Å². The van der Waals surface area contributed by atoms with E-state index in [0.717, 1.165) is 5.52 Å². The summed E-state index contributed by atoms with van der Waals surface area (Å²) < 4.78 is 12.7. The number of hydrogen-bond acceptors (Lipinski definition) is 4. The molecule has 6 nitrogen and oxygen atoms in total. The highest BCUT2D eigenvalue weighted by molar-refractivity contribution is 6.05. The molecular formula is C19H16N2O4. The fourth-order valence-corrected chi connectivity index (χ4v) is 2.92. The number of hydrogen-bond donors (Lipinski definition) is 1. The van der Waals surface area contributed by atoms with Crippen molar-refractivity contribution < 1.29 is 14.3 Å². The SMILES string of the molecule is Cn1cc(C(=O)Nc2ccc3c(c2)OCCO3)c(=O)c2ccccc21. The van der Waals surface area contributed by atoms with Gasteiger partial charge in [0.05, 0.1) is 5.52 Å². The minimum absolute atomic E-state index is 0.0936. The van der Waals surface area contributed by atoms with Crippen molar-refractivity contribution in [3.8, 4) is 11.5 Å². The van der Waals surface area contributed by atoms with Gasteiger partial charge in [-0.3, -0.25) is 9.59 Å². The van der Waals surface area contributed by atoms with Crippen LogP contribution in [0.15, 0.2) is 53.5 Å². The van der Waals surface area contributed by atoms with Gasteiger partial charge in [-0.25, -0.2) is 0 Å². The fraction of sp³-hybridized carbons (Fsp3) is 0.158. The lowest BCUT2D eigenvalue weighted by atomic mass is 10.1. The van der Waals surface area contributed by atoms with Crippen LogP contribution in [0.25, 0.3) is 10.9 Å². The van der Waals surface area contributed by atoms with Gasteiger partial charge >= 0.3 is 0 Å². The number of ether oxygens (including phenoxy) is 2. The molecule has 1 N–H and O–H groups in total. The van der Waals surface area contributed by atoms with Gasteiger partial charge in [0.1, 0.15) is 18.8 Å². The molecule has 0 fully saturated rings. The fourth-order valence-electron chi connectivity index (χ4n) is 2.92. The number of rotatable bonds is 2. The van der Waals surface area contributed by atoms with E-state index in [1.54, 1.807) is 41.1 Å². The molecule has 0 saturated heterocycles. The number of fused-ring (bicyclic) bond motifs is 2. The number of aryl methyl sites for hydroxylation is 1. The molecule has 1 amide bonds. The highest BCUT2D eigenvalue weighted by Crippen LogP contribution is 2.32. The van der Waals surface area contributed by atoms with Gasteiger partial charge in [-0.15, -0.1) is 0 Å². The summed E-state index contributed by atoms with van der Waals surface area (Å²) in [4.78, 5) is 25.2. The maximum absolute atomic E-state index is 12.6. The molecule has 0 spiro atoms. The van der Waals surface area contributed by atoms with Crippen molar-refractivity contribution >= 4 is 22.5 Å². The zero-order chi connectivity index (χ0) is 17.4. The summed E-state index contributed by atoms with van der Waals surface area (Å²) in [5.74, 6) is 0.768. The quantitative estimate of drug-likeness (QED) is 0.781. The lowest BCUT2D eigenvalue weighted by Gasteiger charge is -2.19. The first kappa shape index (κ1) is 15.3. The summed E-state index contributed by atoms with van der Waals surface area (Å²) in [6.07, 6.45) is 1.55. The highest BCUT2D eigenvalue weighted by Gasteiger charge is 2.16. The topological polar surface area (TPSA) is 69.6 Å². The minimum atomic E-state index is -0.456. The van der Waals surface area contributed by atoms with Gasteiger partial charge in [-0.2, -0.15) is 0 Å². The van der Waals surface area contributed by atoms with Crippen molar-refractivity contribution in [1.82, 2.24) is 4.57 Å². The molecule has 25 heavy (non-hydrogen) atoms. The van der Waals surface area contributed by atoms with Crippen molar-refractivity contribution in [3.63, 3.8) is 0 Å². The highest BCUT2D eigenvalue weighted by atomic mass is 16.6. The second-order valence-corrected chi connectivity index (χ2v) is 5.81. The van der Waals surface area contributed by atoms with E-state index in [4.69, 9.17) is 9.47 Å². The Hall–Kier alpha value is -3.28. The summed E-state index contributed by atoms with van der Waals surface area (Å²) in [6, 6.07) is 12.4. The predicted molar refractivity (Wildman–Crippen MR) is 94.6 cm³/mol. The number of carbonyl (C=O) groups excluding carboxylic acids is 1. The van der Waals surface area contributed by atoms with Crippen LogP contribution in [0, 0.1) is 0 Å². The molecule has 0 radical (unpaired) electrons. The van der Waals surface area contributed by atoms with E-state index < -0.39 is 5.91 Å². The van der Waals surface area contributed by atoms with Gasteiger partial charge in [-0.05, 0) is 24.3 Å². The Morgan fingerprint density at radius 2 is 1.84 bits per heavy atom. The molecule has 6 heteroatoms. The van der Waals surface area contributed by atoms with Crippen LogP contribution in [0.2, 0.25) is 0 Å². The number of carbonyl (C=O) groups is 1. The van der Waals surface area contributed by atoms with E-state index in [1.165, 1.54) is 0 Å². The standard InChI is InChI=1S/C19H16N2O4/c1-21-11-14(18(22)13-4-2-3-5-15(13)21)19(23)20-12-6-7-16-17(10-12)25-9-8-24-16/h2-7,10-11H,8-9H2,1H3,(H,20,23). The summed E-state index contributed by atoms with van der Waals surface area (Å²) in [6.45, 7) is 0.974. The molecule has 126 valence electrons. The predicted octanol–water partition coefficient (Wildman–Crippen LogP) is 2.56. The molecule has 0 bridgehead atoms. The summed E-state index contributed by atoms with van der Waals surface area (Å²) in [5, 5.41) is 3.27. The average molecular weight is 336 g/mol. The first-order valence-corrected chi connectivity index (χ1v) is 7.93. The zero-order valence-electron chi connectivity index (χ0n) is 13.6. The molecule has 0 aliphatic carbocycles. The van der Waals surface area contributed by atoms with Gasteiger partial charge in [0.2, 0.25) is 5.43 Å². The van der Waals surface area contributed by atoms with Crippen molar-refractivity contribution in [2.75, 3.05) is 18.5 Å². The number of pyridine rings is 1. The number of benzene rings is 2. The van der Waals surface area contributed by atoms with E-state index in [1.807, 2.05) is 19.2 Å².